The third-order valence-electron chi connectivity index (χ3n) is 4.03. The Morgan fingerprint density at radius 1 is 0.957 bits per heavy atom. The van der Waals surface area contributed by atoms with E-state index in [0.29, 0.717) is 5.82 Å². The van der Waals surface area contributed by atoms with Crippen LogP contribution in [0.25, 0.3) is 11.5 Å². The molecule has 0 spiro atoms. The van der Waals surface area contributed by atoms with Crippen molar-refractivity contribution in [2.75, 3.05) is 6.54 Å². The first kappa shape index (κ1) is 14.0. The summed E-state index contributed by atoms with van der Waals surface area (Å²) in [6.45, 7) is 2.69. The Morgan fingerprint density at radius 3 is 2.61 bits per heavy atom. The number of rotatable bonds is 3. The highest BCUT2D eigenvalue weighted by Crippen LogP contribution is 2.20. The van der Waals surface area contributed by atoms with E-state index in [1.807, 2.05) is 42.7 Å². The van der Waals surface area contributed by atoms with Crippen molar-refractivity contribution in [3.63, 3.8) is 0 Å². The van der Waals surface area contributed by atoms with Crippen molar-refractivity contribution >= 4 is 0 Å². The molecule has 114 valence electrons. The molecule has 0 N–H and O–H groups in total. The van der Waals surface area contributed by atoms with Crippen LogP contribution in [-0.2, 0) is 19.5 Å². The number of fused-ring (bicyclic) bond motifs is 1. The molecule has 4 heterocycles. The topological polar surface area (TPSA) is 54.8 Å². The molecular formula is C18H17N5. The van der Waals surface area contributed by atoms with Gasteiger partial charge in [0.25, 0.3) is 0 Å². The molecule has 0 unspecified atom stereocenters. The van der Waals surface area contributed by atoms with Gasteiger partial charge in [0.15, 0.2) is 5.82 Å². The molecule has 1 aliphatic rings. The largest absolute Gasteiger partial charge is 0.291 e. The monoisotopic (exact) mass is 303 g/mol. The second-order valence-electron chi connectivity index (χ2n) is 5.66. The summed E-state index contributed by atoms with van der Waals surface area (Å²) in [6, 6.07) is 11.8. The molecule has 0 fully saturated rings. The molecule has 0 saturated carbocycles. The van der Waals surface area contributed by atoms with Crippen molar-refractivity contribution in [1.29, 1.82) is 0 Å². The summed E-state index contributed by atoms with van der Waals surface area (Å²) in [6.07, 6.45) is 6.54. The lowest BCUT2D eigenvalue weighted by atomic mass is 10.1. The van der Waals surface area contributed by atoms with Crippen LogP contribution in [-0.4, -0.2) is 31.4 Å². The van der Waals surface area contributed by atoms with E-state index in [2.05, 4.69) is 25.9 Å². The average molecular weight is 303 g/mol. The van der Waals surface area contributed by atoms with Crippen LogP contribution in [0.15, 0.2) is 55.0 Å². The van der Waals surface area contributed by atoms with Gasteiger partial charge in [-0.1, -0.05) is 12.1 Å². The normalized spacial score (nSPS) is 14.4. The van der Waals surface area contributed by atoms with Crippen LogP contribution in [0.2, 0.25) is 0 Å². The number of aromatic nitrogens is 4. The molecule has 0 radical (unpaired) electrons. The minimum atomic E-state index is 0.698. The Morgan fingerprint density at radius 2 is 1.83 bits per heavy atom. The highest BCUT2D eigenvalue weighted by atomic mass is 15.1. The van der Waals surface area contributed by atoms with Gasteiger partial charge in [0, 0.05) is 38.2 Å². The molecule has 3 aromatic rings. The van der Waals surface area contributed by atoms with Crippen LogP contribution in [0.5, 0.6) is 0 Å². The zero-order valence-corrected chi connectivity index (χ0v) is 12.8. The minimum absolute atomic E-state index is 0.698. The molecule has 1 aliphatic heterocycles. The number of nitrogens with zero attached hydrogens (tertiary/aromatic N) is 5. The molecule has 0 saturated heterocycles. The summed E-state index contributed by atoms with van der Waals surface area (Å²) in [5.41, 5.74) is 4.25. The number of pyridine rings is 2. The fourth-order valence-electron chi connectivity index (χ4n) is 2.83. The quantitative estimate of drug-likeness (QED) is 0.744. The van der Waals surface area contributed by atoms with Gasteiger partial charge in [-0.05, 0) is 36.2 Å². The zero-order valence-electron chi connectivity index (χ0n) is 12.8. The van der Waals surface area contributed by atoms with Crippen molar-refractivity contribution in [3.8, 4) is 11.5 Å². The zero-order chi connectivity index (χ0) is 15.5. The Bertz CT molecular complexity index is 789. The highest BCUT2D eigenvalue weighted by molar-refractivity contribution is 5.49. The van der Waals surface area contributed by atoms with E-state index in [9.17, 15) is 0 Å². The van der Waals surface area contributed by atoms with Gasteiger partial charge in [0.05, 0.1) is 11.4 Å². The Hall–Kier alpha value is -2.66. The van der Waals surface area contributed by atoms with Crippen molar-refractivity contribution in [3.05, 3.63) is 71.9 Å². The Labute approximate surface area is 135 Å². The van der Waals surface area contributed by atoms with Crippen LogP contribution in [0, 0.1) is 0 Å². The van der Waals surface area contributed by atoms with E-state index in [0.717, 1.165) is 43.1 Å². The van der Waals surface area contributed by atoms with Gasteiger partial charge in [-0.15, -0.1) is 0 Å². The maximum Gasteiger partial charge on any atom is 0.178 e. The SMILES string of the molecule is c1ccc(CN2CCc3cnc(-c4ccccn4)nc3C2)nc1. The first-order valence-electron chi connectivity index (χ1n) is 7.77. The predicted octanol–water partition coefficient (Wildman–Crippen LogP) is 2.49. The lowest BCUT2D eigenvalue weighted by Gasteiger charge is -2.27. The van der Waals surface area contributed by atoms with Crippen LogP contribution < -0.4 is 0 Å². The van der Waals surface area contributed by atoms with Gasteiger partial charge in [-0.2, -0.15) is 0 Å². The van der Waals surface area contributed by atoms with Gasteiger partial charge in [0.1, 0.15) is 5.69 Å². The second kappa shape index (κ2) is 6.22. The molecule has 0 bridgehead atoms. The van der Waals surface area contributed by atoms with Crippen molar-refractivity contribution in [1.82, 2.24) is 24.8 Å². The van der Waals surface area contributed by atoms with Crippen molar-refractivity contribution in [2.45, 2.75) is 19.5 Å². The third-order valence-corrected chi connectivity index (χ3v) is 4.03. The Balaban J connectivity index is 1.56. The summed E-state index contributed by atoms with van der Waals surface area (Å²) in [4.78, 5) is 20.3. The standard InChI is InChI=1S/C18H17N5/c1-3-8-19-15(5-1)12-23-10-7-14-11-21-18(22-17(14)13-23)16-6-2-4-9-20-16/h1-6,8-9,11H,7,10,12-13H2. The van der Waals surface area contributed by atoms with Gasteiger partial charge in [-0.25, -0.2) is 9.97 Å². The van der Waals surface area contributed by atoms with Gasteiger partial charge in [-0.3, -0.25) is 14.9 Å². The summed E-state index contributed by atoms with van der Waals surface area (Å²) in [5.74, 6) is 0.698. The van der Waals surface area contributed by atoms with E-state index in [4.69, 9.17) is 4.98 Å². The van der Waals surface area contributed by atoms with Crippen molar-refractivity contribution < 1.29 is 0 Å². The molecule has 3 aromatic heterocycles. The molecule has 23 heavy (non-hydrogen) atoms. The van der Waals surface area contributed by atoms with E-state index in [1.165, 1.54) is 5.56 Å². The highest BCUT2D eigenvalue weighted by Gasteiger charge is 2.19. The fourth-order valence-corrected chi connectivity index (χ4v) is 2.83. The van der Waals surface area contributed by atoms with E-state index in [1.54, 1.807) is 6.20 Å². The maximum atomic E-state index is 4.74. The maximum absolute atomic E-state index is 4.74. The Kier molecular flexibility index (Phi) is 3.78. The van der Waals surface area contributed by atoms with Gasteiger partial charge < -0.3 is 0 Å². The summed E-state index contributed by atoms with van der Waals surface area (Å²) >= 11 is 0. The number of hydrogen-bond acceptors (Lipinski definition) is 5. The first-order chi connectivity index (χ1) is 11.4. The molecule has 0 aliphatic carbocycles. The summed E-state index contributed by atoms with van der Waals surface area (Å²) in [5, 5.41) is 0. The molecule has 4 rings (SSSR count). The molecule has 0 atom stereocenters. The van der Waals surface area contributed by atoms with E-state index >= 15 is 0 Å². The van der Waals surface area contributed by atoms with Gasteiger partial charge >= 0.3 is 0 Å². The third kappa shape index (κ3) is 3.10. The van der Waals surface area contributed by atoms with E-state index in [-0.39, 0.29) is 0 Å². The van der Waals surface area contributed by atoms with Gasteiger partial charge in [0.2, 0.25) is 0 Å². The van der Waals surface area contributed by atoms with Crippen LogP contribution >= 0.6 is 0 Å². The predicted molar refractivity (Wildman–Crippen MR) is 87.3 cm³/mol. The van der Waals surface area contributed by atoms with Crippen LogP contribution in [0.3, 0.4) is 0 Å². The van der Waals surface area contributed by atoms with E-state index < -0.39 is 0 Å². The van der Waals surface area contributed by atoms with Crippen LogP contribution in [0.4, 0.5) is 0 Å². The molecular weight excluding hydrogens is 286 g/mol. The molecule has 5 heteroatoms. The average Bonchev–Trinajstić information content (AvgIpc) is 2.63. The first-order valence-corrected chi connectivity index (χ1v) is 7.77. The second-order valence-corrected chi connectivity index (χ2v) is 5.66. The minimum Gasteiger partial charge on any atom is -0.291 e. The van der Waals surface area contributed by atoms with Crippen LogP contribution in [0.1, 0.15) is 17.0 Å². The van der Waals surface area contributed by atoms with Crippen molar-refractivity contribution in [2.24, 2.45) is 0 Å². The fraction of sp³-hybridized carbons (Fsp3) is 0.222. The molecule has 0 amide bonds. The smallest absolute Gasteiger partial charge is 0.178 e. The summed E-state index contributed by atoms with van der Waals surface area (Å²) < 4.78 is 0. The molecule has 0 aromatic carbocycles. The molecule has 5 nitrogen and oxygen atoms in total. The number of hydrogen-bond donors (Lipinski definition) is 0. The lowest BCUT2D eigenvalue weighted by Crippen LogP contribution is -2.31. The summed E-state index contributed by atoms with van der Waals surface area (Å²) in [7, 11) is 0. The lowest BCUT2D eigenvalue weighted by molar-refractivity contribution is 0.238.